The number of aliphatic hydroxyl groups excluding tert-OH is 1. The lowest BCUT2D eigenvalue weighted by atomic mass is 10.1. The van der Waals surface area contributed by atoms with Crippen LogP contribution in [0.25, 0.3) is 0 Å². The van der Waals surface area contributed by atoms with E-state index in [1.54, 1.807) is 0 Å². The molecule has 142 valence electrons. The Morgan fingerprint density at radius 1 is 0.917 bits per heavy atom. The van der Waals surface area contributed by atoms with Crippen molar-refractivity contribution in [2.24, 2.45) is 0 Å². The predicted molar refractivity (Wildman–Crippen MR) is 98.1 cm³/mol. The third-order valence-corrected chi connectivity index (χ3v) is 5.08. The van der Waals surface area contributed by atoms with Crippen molar-refractivity contribution in [3.63, 3.8) is 0 Å². The molecule has 0 saturated carbocycles. The molecule has 5 nitrogen and oxygen atoms in total. The van der Waals surface area contributed by atoms with E-state index in [9.17, 15) is 9.90 Å². The van der Waals surface area contributed by atoms with Crippen LogP contribution < -0.4 is 0 Å². The second-order valence-corrected chi connectivity index (χ2v) is 7.04. The third-order valence-electron chi connectivity index (χ3n) is 5.08. The lowest BCUT2D eigenvalue weighted by Crippen LogP contribution is -2.40. The van der Waals surface area contributed by atoms with Gasteiger partial charge in [-0.1, -0.05) is 64.7 Å². The Morgan fingerprint density at radius 3 is 2.00 bits per heavy atom. The molecule has 0 aromatic heterocycles. The fraction of sp³-hybridized carbons (Fsp3) is 0.947. The monoisotopic (exact) mass is 342 g/mol. The molecule has 0 radical (unpaired) electrons. The van der Waals surface area contributed by atoms with Crippen molar-refractivity contribution in [2.75, 3.05) is 32.8 Å². The first-order chi connectivity index (χ1) is 11.7. The predicted octanol–water partition coefficient (Wildman–Crippen LogP) is 3.32. The van der Waals surface area contributed by atoms with Gasteiger partial charge in [-0.05, 0) is 6.42 Å². The van der Waals surface area contributed by atoms with E-state index in [-0.39, 0.29) is 13.0 Å². The summed E-state index contributed by atoms with van der Waals surface area (Å²) < 4.78 is 0. The molecule has 1 aliphatic heterocycles. The number of β-amino-alcohol motifs (C(OH)–C–C–N with tert-alkyl or cyclic N) is 1. The van der Waals surface area contributed by atoms with Gasteiger partial charge in [-0.2, -0.15) is 0 Å². The first kappa shape index (κ1) is 21.4. The van der Waals surface area contributed by atoms with Crippen molar-refractivity contribution >= 4 is 5.97 Å². The number of aliphatic hydroxyl groups is 1. The summed E-state index contributed by atoms with van der Waals surface area (Å²) in [7, 11) is 0. The van der Waals surface area contributed by atoms with Crippen LogP contribution in [0.4, 0.5) is 0 Å². The van der Waals surface area contributed by atoms with Gasteiger partial charge in [0, 0.05) is 26.2 Å². The number of unbranched alkanes of at least 4 members (excludes halogenated alkanes) is 8. The van der Waals surface area contributed by atoms with Crippen LogP contribution in [0.2, 0.25) is 0 Å². The maximum atomic E-state index is 10.8. The molecule has 2 N–H and O–H groups in total. The fourth-order valence-corrected chi connectivity index (χ4v) is 3.68. The number of aliphatic carboxylic acids is 1. The highest BCUT2D eigenvalue weighted by molar-refractivity contribution is 5.66. The zero-order valence-corrected chi connectivity index (χ0v) is 15.6. The van der Waals surface area contributed by atoms with Crippen LogP contribution in [0.5, 0.6) is 0 Å². The van der Waals surface area contributed by atoms with E-state index in [1.807, 2.05) is 0 Å². The maximum Gasteiger partial charge on any atom is 0.304 e. The van der Waals surface area contributed by atoms with Crippen molar-refractivity contribution in [2.45, 2.75) is 83.7 Å². The molecule has 1 unspecified atom stereocenters. The van der Waals surface area contributed by atoms with Crippen LogP contribution in [0.15, 0.2) is 0 Å². The van der Waals surface area contributed by atoms with Gasteiger partial charge in [0.1, 0.15) is 0 Å². The fourth-order valence-electron chi connectivity index (χ4n) is 3.68. The number of carboxylic acid groups (broad SMARTS) is 1. The zero-order valence-electron chi connectivity index (χ0n) is 15.6. The van der Waals surface area contributed by atoms with Crippen LogP contribution in [0.3, 0.4) is 0 Å². The molecule has 1 atom stereocenters. The number of carboxylic acids is 1. The first-order valence-electron chi connectivity index (χ1n) is 9.99. The van der Waals surface area contributed by atoms with Crippen molar-refractivity contribution in [3.05, 3.63) is 0 Å². The molecule has 1 fully saturated rings. The number of carbonyl (C=O) groups is 1. The van der Waals surface area contributed by atoms with Gasteiger partial charge >= 0.3 is 5.97 Å². The maximum absolute atomic E-state index is 10.8. The molecule has 1 aliphatic rings. The minimum atomic E-state index is -0.725. The summed E-state index contributed by atoms with van der Waals surface area (Å²) in [6, 6.07) is 0. The summed E-state index contributed by atoms with van der Waals surface area (Å²) in [5, 5.41) is 18.1. The van der Waals surface area contributed by atoms with Crippen molar-refractivity contribution in [1.29, 1.82) is 0 Å². The lowest BCUT2D eigenvalue weighted by molar-refractivity contribution is -0.137. The minimum absolute atomic E-state index is 0.182. The summed E-state index contributed by atoms with van der Waals surface area (Å²) in [6.07, 6.45) is 13.6. The highest BCUT2D eigenvalue weighted by atomic mass is 16.4. The molecule has 0 aromatic carbocycles. The summed E-state index contributed by atoms with van der Waals surface area (Å²) >= 11 is 0. The molecule has 0 aromatic rings. The molecule has 1 rings (SSSR count). The second-order valence-electron chi connectivity index (χ2n) is 7.04. The quantitative estimate of drug-likeness (QED) is 0.447. The topological polar surface area (TPSA) is 64.0 Å². The average molecular weight is 343 g/mol. The molecular weight excluding hydrogens is 304 g/mol. The van der Waals surface area contributed by atoms with E-state index in [2.05, 4.69) is 16.7 Å². The Morgan fingerprint density at radius 2 is 1.46 bits per heavy atom. The molecule has 5 heteroatoms. The molecule has 0 amide bonds. The molecule has 0 aliphatic carbocycles. The van der Waals surface area contributed by atoms with E-state index in [0.717, 1.165) is 19.5 Å². The average Bonchev–Trinajstić information content (AvgIpc) is 2.94. The SMILES string of the molecule is CCCCCCCCCCCC1N(CCO)CCN1CCC(=O)O. The Labute approximate surface area is 148 Å². The van der Waals surface area contributed by atoms with Crippen molar-refractivity contribution in [3.8, 4) is 0 Å². The van der Waals surface area contributed by atoms with Crippen LogP contribution in [-0.4, -0.2) is 64.9 Å². The van der Waals surface area contributed by atoms with E-state index < -0.39 is 5.97 Å². The third kappa shape index (κ3) is 9.00. The Kier molecular flexibility index (Phi) is 12.1. The van der Waals surface area contributed by atoms with Crippen LogP contribution in [0.1, 0.15) is 77.6 Å². The van der Waals surface area contributed by atoms with Gasteiger partial charge in [0.25, 0.3) is 0 Å². The minimum Gasteiger partial charge on any atom is -0.481 e. The molecular formula is C19H38N2O3. The summed E-state index contributed by atoms with van der Waals surface area (Å²) in [5.74, 6) is -0.725. The van der Waals surface area contributed by atoms with Crippen LogP contribution >= 0.6 is 0 Å². The Hall–Kier alpha value is -0.650. The van der Waals surface area contributed by atoms with Gasteiger partial charge in [-0.3, -0.25) is 14.6 Å². The summed E-state index contributed by atoms with van der Waals surface area (Å²) in [5.41, 5.74) is 0. The molecule has 0 spiro atoms. The Balaban J connectivity index is 2.18. The summed E-state index contributed by atoms with van der Waals surface area (Å²) in [4.78, 5) is 15.4. The van der Waals surface area contributed by atoms with Gasteiger partial charge < -0.3 is 10.2 Å². The number of nitrogens with zero attached hydrogens (tertiary/aromatic N) is 2. The normalized spacial score (nSPS) is 19.2. The highest BCUT2D eigenvalue weighted by Crippen LogP contribution is 2.21. The van der Waals surface area contributed by atoms with Gasteiger partial charge in [-0.25, -0.2) is 0 Å². The van der Waals surface area contributed by atoms with E-state index in [1.165, 1.54) is 57.8 Å². The van der Waals surface area contributed by atoms with Crippen molar-refractivity contribution in [1.82, 2.24) is 9.80 Å². The Bertz CT molecular complexity index is 326. The largest absolute Gasteiger partial charge is 0.481 e. The summed E-state index contributed by atoms with van der Waals surface area (Å²) in [6.45, 7) is 5.63. The molecule has 1 saturated heterocycles. The number of hydrogen-bond donors (Lipinski definition) is 2. The van der Waals surface area contributed by atoms with Crippen molar-refractivity contribution < 1.29 is 15.0 Å². The van der Waals surface area contributed by atoms with Gasteiger partial charge in [-0.15, -0.1) is 0 Å². The van der Waals surface area contributed by atoms with Gasteiger partial charge in [0.2, 0.25) is 0 Å². The van der Waals surface area contributed by atoms with E-state index in [0.29, 0.717) is 19.3 Å². The molecule has 24 heavy (non-hydrogen) atoms. The molecule has 1 heterocycles. The standard InChI is InChI=1S/C19H38N2O3/c1-2-3-4-5-6-7-8-9-10-11-18-20(13-12-19(23)24)14-15-21(18)16-17-22/h18,22H,2-17H2,1H3,(H,23,24). The number of rotatable bonds is 15. The number of hydrogen-bond acceptors (Lipinski definition) is 4. The smallest absolute Gasteiger partial charge is 0.304 e. The second kappa shape index (κ2) is 13.6. The molecule has 0 bridgehead atoms. The van der Waals surface area contributed by atoms with E-state index >= 15 is 0 Å². The highest BCUT2D eigenvalue weighted by Gasteiger charge is 2.30. The van der Waals surface area contributed by atoms with Gasteiger partial charge in [0.05, 0.1) is 19.2 Å². The van der Waals surface area contributed by atoms with Crippen LogP contribution in [-0.2, 0) is 4.79 Å². The van der Waals surface area contributed by atoms with Crippen LogP contribution in [0, 0.1) is 0 Å². The first-order valence-corrected chi connectivity index (χ1v) is 9.99. The van der Waals surface area contributed by atoms with Gasteiger partial charge in [0.15, 0.2) is 0 Å². The zero-order chi connectivity index (χ0) is 17.6. The van der Waals surface area contributed by atoms with E-state index in [4.69, 9.17) is 5.11 Å². The lowest BCUT2D eigenvalue weighted by Gasteiger charge is -2.29.